The molecule has 1 heterocycles. The highest BCUT2D eigenvalue weighted by Crippen LogP contribution is 2.30. The van der Waals surface area contributed by atoms with Crippen molar-refractivity contribution in [2.45, 2.75) is 18.7 Å². The molecule has 0 unspecified atom stereocenters. The van der Waals surface area contributed by atoms with Crippen molar-refractivity contribution in [1.29, 1.82) is 0 Å². The number of aryl methyl sites for hydroxylation is 3. The molecule has 0 aliphatic rings. The average molecular weight is 441 g/mol. The van der Waals surface area contributed by atoms with E-state index in [1.165, 1.54) is 38.7 Å². The second-order valence-electron chi connectivity index (χ2n) is 7.07. The molecule has 0 amide bonds. The number of rotatable bonds is 3. The van der Waals surface area contributed by atoms with Gasteiger partial charge in [0.15, 0.2) is 0 Å². The minimum Gasteiger partial charge on any atom is -0.744 e. The fourth-order valence-electron chi connectivity index (χ4n) is 2.97. The molecule has 4 rings (SSSR count). The summed E-state index contributed by atoms with van der Waals surface area (Å²) in [6.45, 7) is 3.93. The Balaban J connectivity index is 0.000000199. The van der Waals surface area contributed by atoms with Gasteiger partial charge in [0, 0.05) is 0 Å². The van der Waals surface area contributed by atoms with E-state index in [0.29, 0.717) is 0 Å². The Morgan fingerprint density at radius 2 is 1.40 bits per heavy atom. The van der Waals surface area contributed by atoms with Gasteiger partial charge in [0.1, 0.15) is 21.3 Å². The lowest BCUT2D eigenvalue weighted by Crippen LogP contribution is -2.32. The van der Waals surface area contributed by atoms with Gasteiger partial charge in [-0.2, -0.15) is 0 Å². The van der Waals surface area contributed by atoms with Crippen LogP contribution in [0, 0.1) is 13.8 Å². The summed E-state index contributed by atoms with van der Waals surface area (Å²) in [5, 5.41) is 1.24. The summed E-state index contributed by atoms with van der Waals surface area (Å²) in [6, 6.07) is 22.9. The third-order valence-electron chi connectivity index (χ3n) is 4.73. The Hall–Kier alpha value is -2.74. The van der Waals surface area contributed by atoms with Crippen LogP contribution >= 0.6 is 11.3 Å². The van der Waals surface area contributed by atoms with Gasteiger partial charge in [-0.25, -0.2) is 17.9 Å². The van der Waals surface area contributed by atoms with Crippen LogP contribution in [0.3, 0.4) is 0 Å². The fraction of sp³-hybridized carbons (Fsp3) is 0.174. The van der Waals surface area contributed by atoms with Crippen molar-refractivity contribution < 1.29 is 17.5 Å². The molecule has 156 valence electrons. The van der Waals surface area contributed by atoms with E-state index in [-0.39, 0.29) is 4.90 Å². The number of thiazole rings is 1. The molecule has 0 aliphatic heterocycles. The van der Waals surface area contributed by atoms with Crippen LogP contribution in [0.25, 0.3) is 10.2 Å². The molecule has 0 saturated carbocycles. The summed E-state index contributed by atoms with van der Waals surface area (Å²) in [4.78, 5) is 2.06. The van der Waals surface area contributed by atoms with E-state index < -0.39 is 10.1 Å². The summed E-state index contributed by atoms with van der Waals surface area (Å²) in [7, 11) is -0.0253. The van der Waals surface area contributed by atoms with Gasteiger partial charge >= 0.3 is 5.13 Å². The minimum absolute atomic E-state index is 0.178. The molecular weight excluding hydrogens is 416 g/mol. The molecule has 30 heavy (non-hydrogen) atoms. The van der Waals surface area contributed by atoms with Gasteiger partial charge in [0.05, 0.1) is 23.7 Å². The van der Waals surface area contributed by atoms with Crippen LogP contribution in [0.5, 0.6) is 0 Å². The van der Waals surface area contributed by atoms with Crippen molar-refractivity contribution in [2.75, 3.05) is 11.9 Å². The highest BCUT2D eigenvalue weighted by atomic mass is 32.2. The summed E-state index contributed by atoms with van der Waals surface area (Å²) in [5.41, 5.74) is 4.71. The van der Waals surface area contributed by atoms with Gasteiger partial charge in [-0.3, -0.25) is 0 Å². The number of aromatic nitrogens is 1. The molecule has 0 N–H and O–H groups in total. The Bertz CT molecular complexity index is 1250. The molecule has 4 aromatic rings. The van der Waals surface area contributed by atoms with Crippen molar-refractivity contribution in [2.24, 2.45) is 7.05 Å². The molecule has 0 bridgehead atoms. The van der Waals surface area contributed by atoms with E-state index in [2.05, 4.69) is 79.0 Å². The zero-order valence-corrected chi connectivity index (χ0v) is 19.0. The first-order valence-electron chi connectivity index (χ1n) is 9.37. The Morgan fingerprint density at radius 1 is 0.867 bits per heavy atom. The summed E-state index contributed by atoms with van der Waals surface area (Å²) in [5.74, 6) is 0. The monoisotopic (exact) mass is 440 g/mol. The van der Waals surface area contributed by atoms with Gasteiger partial charge < -0.3 is 4.55 Å². The standard InChI is InChI=1S/C16H17N2S.C7H8O3S/c1-12-8-10-13(11-9-12)17(2)16-18(3)14-6-4-5-7-15(14)19-16;1-6-2-4-7(5-3-6)11(8,9)10/h4-11H,1-3H3;2-5H,1H3,(H,8,9,10)/q+1;/p-1. The number of hydrogen-bond acceptors (Lipinski definition) is 5. The van der Waals surface area contributed by atoms with E-state index in [4.69, 9.17) is 0 Å². The summed E-state index contributed by atoms with van der Waals surface area (Å²) < 4.78 is 34.7. The lowest BCUT2D eigenvalue weighted by atomic mass is 10.2. The highest BCUT2D eigenvalue weighted by Gasteiger charge is 2.21. The molecule has 5 nitrogen and oxygen atoms in total. The number of hydrogen-bond donors (Lipinski definition) is 0. The van der Waals surface area contributed by atoms with Crippen molar-refractivity contribution in [3.8, 4) is 0 Å². The van der Waals surface area contributed by atoms with Crippen LogP contribution in [0.2, 0.25) is 0 Å². The quantitative estimate of drug-likeness (QED) is 0.342. The molecule has 1 aromatic heterocycles. The maximum atomic E-state index is 10.4. The molecule has 0 atom stereocenters. The molecule has 0 aliphatic carbocycles. The fourth-order valence-corrected chi connectivity index (χ4v) is 4.57. The van der Waals surface area contributed by atoms with E-state index in [9.17, 15) is 13.0 Å². The van der Waals surface area contributed by atoms with Crippen molar-refractivity contribution in [3.63, 3.8) is 0 Å². The zero-order valence-electron chi connectivity index (χ0n) is 17.4. The SMILES string of the molecule is Cc1ccc(N(C)c2sc3ccccc3[n+]2C)cc1.Cc1ccc(S(=O)(=O)[O-])cc1. The summed E-state index contributed by atoms with van der Waals surface area (Å²) >= 11 is 1.82. The third-order valence-corrected chi connectivity index (χ3v) is 6.88. The van der Waals surface area contributed by atoms with Crippen LogP contribution < -0.4 is 9.47 Å². The van der Waals surface area contributed by atoms with Gasteiger partial charge in [-0.05, 0) is 61.6 Å². The molecule has 0 fully saturated rings. The predicted molar refractivity (Wildman–Crippen MR) is 121 cm³/mol. The second-order valence-corrected chi connectivity index (χ2v) is 9.46. The first kappa shape index (κ1) is 22.0. The molecule has 0 saturated heterocycles. The first-order chi connectivity index (χ1) is 14.2. The van der Waals surface area contributed by atoms with Gasteiger partial charge in [-0.1, -0.05) is 47.5 Å². The maximum Gasteiger partial charge on any atom is 0.341 e. The largest absolute Gasteiger partial charge is 0.744 e. The highest BCUT2D eigenvalue weighted by molar-refractivity contribution is 7.85. The van der Waals surface area contributed by atoms with Crippen LogP contribution in [-0.2, 0) is 17.2 Å². The van der Waals surface area contributed by atoms with Crippen molar-refractivity contribution in [1.82, 2.24) is 0 Å². The van der Waals surface area contributed by atoms with Gasteiger partial charge in [0.25, 0.3) is 0 Å². The Kier molecular flexibility index (Phi) is 6.55. The van der Waals surface area contributed by atoms with Crippen LogP contribution in [-0.4, -0.2) is 20.0 Å². The van der Waals surface area contributed by atoms with Crippen LogP contribution in [0.1, 0.15) is 11.1 Å². The van der Waals surface area contributed by atoms with Gasteiger partial charge in [-0.15, -0.1) is 0 Å². The summed E-state index contributed by atoms with van der Waals surface area (Å²) in [6.07, 6.45) is 0. The van der Waals surface area contributed by atoms with E-state index in [1.807, 2.05) is 18.3 Å². The van der Waals surface area contributed by atoms with Crippen molar-refractivity contribution >= 4 is 42.5 Å². The van der Waals surface area contributed by atoms with Crippen molar-refractivity contribution in [3.05, 3.63) is 83.9 Å². The number of nitrogens with zero attached hydrogens (tertiary/aromatic N) is 2. The molecule has 7 heteroatoms. The lowest BCUT2D eigenvalue weighted by molar-refractivity contribution is -0.627. The number of fused-ring (bicyclic) bond motifs is 1. The first-order valence-corrected chi connectivity index (χ1v) is 11.6. The van der Waals surface area contributed by atoms with Crippen LogP contribution in [0.15, 0.2) is 77.7 Å². The number of benzene rings is 3. The Labute approximate surface area is 181 Å². The Morgan fingerprint density at radius 3 is 1.93 bits per heavy atom. The predicted octanol–water partition coefficient (Wildman–Crippen LogP) is 4.70. The maximum absolute atomic E-state index is 10.4. The van der Waals surface area contributed by atoms with Gasteiger partial charge in [0.2, 0.25) is 0 Å². The van der Waals surface area contributed by atoms with E-state index >= 15 is 0 Å². The zero-order chi connectivity index (χ0) is 21.9. The number of anilines is 2. The lowest BCUT2D eigenvalue weighted by Gasteiger charge is -2.10. The normalized spacial score (nSPS) is 11.1. The molecule has 0 spiro atoms. The minimum atomic E-state index is -4.27. The van der Waals surface area contributed by atoms with E-state index in [1.54, 1.807) is 12.1 Å². The van der Waals surface area contributed by atoms with E-state index in [0.717, 1.165) is 5.56 Å². The molecular formula is C23H24N2O3S2. The average Bonchev–Trinajstić information content (AvgIpc) is 3.05. The second kappa shape index (κ2) is 8.95. The van der Waals surface area contributed by atoms with Crippen LogP contribution in [0.4, 0.5) is 10.8 Å². The molecule has 3 aromatic carbocycles. The third kappa shape index (κ3) is 5.05. The topological polar surface area (TPSA) is 64.3 Å². The number of para-hydroxylation sites is 1. The molecule has 0 radical (unpaired) electrons. The smallest absolute Gasteiger partial charge is 0.341 e.